The molecule has 0 spiro atoms. The van der Waals surface area contributed by atoms with E-state index in [-0.39, 0.29) is 17.7 Å². The number of carbonyl (C=O) groups excluding carboxylic acids is 2. The molecule has 0 aromatic heterocycles. The predicted molar refractivity (Wildman–Crippen MR) is 104 cm³/mol. The van der Waals surface area contributed by atoms with Gasteiger partial charge in [0.05, 0.1) is 5.92 Å². The van der Waals surface area contributed by atoms with Gasteiger partial charge in [-0.25, -0.2) is 0 Å². The molecule has 1 saturated heterocycles. The zero-order valence-corrected chi connectivity index (χ0v) is 15.1. The number of hydrogen-bond acceptors (Lipinski definition) is 3. The molecular formula is C21H25N3O2. The van der Waals surface area contributed by atoms with Crippen molar-refractivity contribution in [2.75, 3.05) is 23.7 Å². The Morgan fingerprint density at radius 3 is 2.50 bits per heavy atom. The number of amides is 2. The molecule has 1 fully saturated rings. The number of nitrogens with zero attached hydrogens (tertiary/aromatic N) is 1. The van der Waals surface area contributed by atoms with E-state index in [0.29, 0.717) is 11.4 Å². The van der Waals surface area contributed by atoms with Crippen LogP contribution in [0.1, 0.15) is 25.3 Å². The number of carbonyl (C=O) groups is 2. The summed E-state index contributed by atoms with van der Waals surface area (Å²) in [4.78, 5) is 26.2. The Kier molecular flexibility index (Phi) is 6.02. The summed E-state index contributed by atoms with van der Waals surface area (Å²) < 4.78 is 0. The second-order valence-electron chi connectivity index (χ2n) is 6.81. The molecule has 136 valence electrons. The number of benzene rings is 2. The van der Waals surface area contributed by atoms with Gasteiger partial charge in [0, 0.05) is 31.4 Å². The van der Waals surface area contributed by atoms with Crippen LogP contribution in [-0.2, 0) is 16.1 Å². The second-order valence-corrected chi connectivity index (χ2v) is 6.81. The molecule has 3 rings (SSSR count). The van der Waals surface area contributed by atoms with Crippen molar-refractivity contribution in [3.8, 4) is 0 Å². The minimum atomic E-state index is -0.127. The Balaban J connectivity index is 1.58. The fourth-order valence-electron chi connectivity index (χ4n) is 3.38. The summed E-state index contributed by atoms with van der Waals surface area (Å²) in [5.74, 6) is -0.100. The summed E-state index contributed by atoms with van der Waals surface area (Å²) in [6.07, 6.45) is 1.93. The van der Waals surface area contributed by atoms with Crippen molar-refractivity contribution < 1.29 is 9.59 Å². The Labute approximate surface area is 154 Å². The van der Waals surface area contributed by atoms with Crippen molar-refractivity contribution >= 4 is 23.2 Å². The van der Waals surface area contributed by atoms with Crippen LogP contribution in [0.5, 0.6) is 0 Å². The van der Waals surface area contributed by atoms with E-state index in [1.54, 1.807) is 12.1 Å². The number of hydrogen-bond donors (Lipinski definition) is 2. The molecule has 1 atom stereocenters. The lowest BCUT2D eigenvalue weighted by molar-refractivity contribution is -0.121. The van der Waals surface area contributed by atoms with E-state index in [1.807, 2.05) is 30.3 Å². The van der Waals surface area contributed by atoms with Crippen LogP contribution in [0.2, 0.25) is 0 Å². The van der Waals surface area contributed by atoms with Gasteiger partial charge in [0.2, 0.25) is 11.8 Å². The fraction of sp³-hybridized carbons (Fsp3) is 0.333. The Hall–Kier alpha value is -2.66. The van der Waals surface area contributed by atoms with Crippen molar-refractivity contribution in [2.45, 2.75) is 26.3 Å². The standard InChI is InChI=1S/C21H25N3O2/c1-16(25)22-19-10-5-11-20(13-19)23-21(26)18-9-6-12-24(15-18)14-17-7-3-2-4-8-17/h2-5,7-8,10-11,13,18H,6,9,12,14-15H2,1H3,(H,22,25)(H,23,26). The van der Waals surface area contributed by atoms with Crippen LogP contribution in [0.15, 0.2) is 54.6 Å². The Morgan fingerprint density at radius 1 is 1.04 bits per heavy atom. The average Bonchev–Trinajstić information content (AvgIpc) is 2.62. The highest BCUT2D eigenvalue weighted by Crippen LogP contribution is 2.21. The van der Waals surface area contributed by atoms with Crippen LogP contribution in [0.3, 0.4) is 0 Å². The minimum absolute atomic E-state index is 0.0168. The molecule has 2 aromatic rings. The van der Waals surface area contributed by atoms with Crippen molar-refractivity contribution in [2.24, 2.45) is 5.92 Å². The smallest absolute Gasteiger partial charge is 0.228 e. The molecule has 0 saturated carbocycles. The van der Waals surface area contributed by atoms with Gasteiger partial charge in [0.25, 0.3) is 0 Å². The number of likely N-dealkylation sites (tertiary alicyclic amines) is 1. The van der Waals surface area contributed by atoms with Crippen molar-refractivity contribution in [1.29, 1.82) is 0 Å². The van der Waals surface area contributed by atoms with Gasteiger partial charge in [-0.1, -0.05) is 36.4 Å². The van der Waals surface area contributed by atoms with Crippen molar-refractivity contribution in [1.82, 2.24) is 4.90 Å². The van der Waals surface area contributed by atoms with Gasteiger partial charge < -0.3 is 10.6 Å². The van der Waals surface area contributed by atoms with Crippen LogP contribution < -0.4 is 10.6 Å². The SMILES string of the molecule is CC(=O)Nc1cccc(NC(=O)C2CCCN(Cc3ccccc3)C2)c1. The van der Waals surface area contributed by atoms with E-state index < -0.39 is 0 Å². The summed E-state index contributed by atoms with van der Waals surface area (Å²) in [6.45, 7) is 4.14. The highest BCUT2D eigenvalue weighted by Gasteiger charge is 2.25. The second kappa shape index (κ2) is 8.63. The van der Waals surface area contributed by atoms with Crippen LogP contribution in [0.4, 0.5) is 11.4 Å². The van der Waals surface area contributed by atoms with E-state index >= 15 is 0 Å². The molecule has 2 aromatic carbocycles. The first-order valence-electron chi connectivity index (χ1n) is 9.05. The van der Waals surface area contributed by atoms with Crippen LogP contribution >= 0.6 is 0 Å². The molecule has 5 heteroatoms. The Bertz CT molecular complexity index is 761. The van der Waals surface area contributed by atoms with Gasteiger partial charge >= 0.3 is 0 Å². The van der Waals surface area contributed by atoms with E-state index in [0.717, 1.165) is 32.5 Å². The van der Waals surface area contributed by atoms with Gasteiger partial charge in [-0.05, 0) is 43.1 Å². The molecule has 0 bridgehead atoms. The van der Waals surface area contributed by atoms with Crippen molar-refractivity contribution in [3.63, 3.8) is 0 Å². The fourth-order valence-corrected chi connectivity index (χ4v) is 3.38. The quantitative estimate of drug-likeness (QED) is 0.867. The molecule has 0 radical (unpaired) electrons. The van der Waals surface area contributed by atoms with Gasteiger partial charge in [-0.2, -0.15) is 0 Å². The number of anilines is 2. The first kappa shape index (κ1) is 18.1. The number of rotatable bonds is 5. The normalized spacial score (nSPS) is 17.5. The highest BCUT2D eigenvalue weighted by molar-refractivity contribution is 5.94. The van der Waals surface area contributed by atoms with Gasteiger partial charge in [0.15, 0.2) is 0 Å². The Morgan fingerprint density at radius 2 is 1.77 bits per heavy atom. The van der Waals surface area contributed by atoms with Gasteiger partial charge in [0.1, 0.15) is 0 Å². The summed E-state index contributed by atoms with van der Waals surface area (Å²) in [6, 6.07) is 17.6. The van der Waals surface area contributed by atoms with E-state index in [4.69, 9.17) is 0 Å². The third-order valence-corrected chi connectivity index (χ3v) is 4.58. The number of nitrogens with one attached hydrogen (secondary N) is 2. The lowest BCUT2D eigenvalue weighted by Gasteiger charge is -2.32. The maximum absolute atomic E-state index is 12.7. The monoisotopic (exact) mass is 351 g/mol. The molecule has 5 nitrogen and oxygen atoms in total. The zero-order valence-electron chi connectivity index (χ0n) is 15.1. The highest BCUT2D eigenvalue weighted by atomic mass is 16.2. The van der Waals surface area contributed by atoms with Crippen molar-refractivity contribution in [3.05, 3.63) is 60.2 Å². The number of piperidine rings is 1. The lowest BCUT2D eigenvalue weighted by Crippen LogP contribution is -2.40. The van der Waals surface area contributed by atoms with Crippen LogP contribution in [0.25, 0.3) is 0 Å². The third kappa shape index (κ3) is 5.17. The van der Waals surface area contributed by atoms with Gasteiger partial charge in [-0.15, -0.1) is 0 Å². The molecule has 2 N–H and O–H groups in total. The summed E-state index contributed by atoms with van der Waals surface area (Å²) >= 11 is 0. The molecule has 2 amide bonds. The minimum Gasteiger partial charge on any atom is -0.326 e. The zero-order chi connectivity index (χ0) is 18.4. The van der Waals surface area contributed by atoms with E-state index in [1.165, 1.54) is 12.5 Å². The molecular weight excluding hydrogens is 326 g/mol. The largest absolute Gasteiger partial charge is 0.326 e. The lowest BCUT2D eigenvalue weighted by atomic mass is 9.96. The maximum Gasteiger partial charge on any atom is 0.228 e. The molecule has 1 heterocycles. The third-order valence-electron chi connectivity index (χ3n) is 4.58. The predicted octanol–water partition coefficient (Wildman–Crippen LogP) is 3.50. The average molecular weight is 351 g/mol. The summed E-state index contributed by atoms with van der Waals surface area (Å²) in [5.41, 5.74) is 2.67. The molecule has 26 heavy (non-hydrogen) atoms. The van der Waals surface area contributed by atoms with E-state index in [2.05, 4.69) is 27.7 Å². The topological polar surface area (TPSA) is 61.4 Å². The first-order valence-corrected chi connectivity index (χ1v) is 9.05. The van der Waals surface area contributed by atoms with Gasteiger partial charge in [-0.3, -0.25) is 14.5 Å². The molecule has 1 unspecified atom stereocenters. The maximum atomic E-state index is 12.7. The summed E-state index contributed by atoms with van der Waals surface area (Å²) in [5, 5.41) is 5.73. The first-order chi connectivity index (χ1) is 12.6. The summed E-state index contributed by atoms with van der Waals surface area (Å²) in [7, 11) is 0. The van der Waals surface area contributed by atoms with Crippen LogP contribution in [0, 0.1) is 5.92 Å². The van der Waals surface area contributed by atoms with E-state index in [9.17, 15) is 9.59 Å². The molecule has 1 aliphatic heterocycles. The molecule has 0 aliphatic carbocycles. The molecule has 1 aliphatic rings. The van der Waals surface area contributed by atoms with Crippen LogP contribution in [-0.4, -0.2) is 29.8 Å².